The first-order valence-electron chi connectivity index (χ1n) is 4.91. The van der Waals surface area contributed by atoms with Crippen LogP contribution in [0.1, 0.15) is 0 Å². The van der Waals surface area contributed by atoms with Gasteiger partial charge in [-0.1, -0.05) is 43.5 Å². The van der Waals surface area contributed by atoms with Crippen LogP contribution in [0.25, 0.3) is 0 Å². The van der Waals surface area contributed by atoms with Crippen LogP contribution in [0.4, 0.5) is 11.4 Å². The lowest BCUT2D eigenvalue weighted by atomic mass is 10.3. The molecule has 3 nitrogen and oxygen atoms in total. The van der Waals surface area contributed by atoms with Gasteiger partial charge in [-0.15, -0.1) is 5.11 Å². The third-order valence-electron chi connectivity index (χ3n) is 2.11. The Morgan fingerprint density at radius 1 is 0.944 bits per heavy atom. The molecule has 92 valence electrons. The highest BCUT2D eigenvalue weighted by atomic mass is 79.9. The summed E-state index contributed by atoms with van der Waals surface area (Å²) < 4.78 is 1.70. The van der Waals surface area contributed by atoms with E-state index < -0.39 is 0 Å². The molecule has 1 N–H and O–H groups in total. The summed E-state index contributed by atoms with van der Waals surface area (Å²) in [6.07, 6.45) is 0. The van der Waals surface area contributed by atoms with Crippen LogP contribution in [0, 0.1) is 0 Å². The van der Waals surface area contributed by atoms with Crippen molar-refractivity contribution in [2.75, 3.05) is 0 Å². The topological polar surface area (TPSA) is 45.0 Å². The molecule has 0 radical (unpaired) electrons. The van der Waals surface area contributed by atoms with Crippen LogP contribution in [-0.2, 0) is 0 Å². The Kier molecular flexibility index (Phi) is 4.37. The summed E-state index contributed by atoms with van der Waals surface area (Å²) >= 11 is 12.4. The first-order chi connectivity index (χ1) is 8.56. The van der Waals surface area contributed by atoms with Crippen LogP contribution in [0.5, 0.6) is 5.75 Å². The van der Waals surface area contributed by atoms with E-state index in [2.05, 4.69) is 42.1 Å². The van der Waals surface area contributed by atoms with Gasteiger partial charge in [0.25, 0.3) is 0 Å². The largest absolute Gasteiger partial charge is 0.504 e. The molecule has 0 unspecified atom stereocenters. The summed E-state index contributed by atoms with van der Waals surface area (Å²) in [6.45, 7) is 0. The monoisotopic (exact) mass is 388 g/mol. The molecule has 0 saturated heterocycles. The highest BCUT2D eigenvalue weighted by molar-refractivity contribution is 9.10. The molecule has 0 atom stereocenters. The molecule has 0 spiro atoms. The third kappa shape index (κ3) is 3.31. The second kappa shape index (κ2) is 5.82. The maximum Gasteiger partial charge on any atom is 0.161 e. The van der Waals surface area contributed by atoms with E-state index in [1.165, 1.54) is 0 Å². The number of nitrogens with zero attached hydrogens (tertiary/aromatic N) is 2. The Labute approximate surface area is 126 Å². The van der Waals surface area contributed by atoms with Gasteiger partial charge in [-0.25, -0.2) is 0 Å². The Morgan fingerprint density at radius 3 is 2.28 bits per heavy atom. The molecule has 2 aromatic rings. The molecule has 0 aliphatic carbocycles. The van der Waals surface area contributed by atoms with Gasteiger partial charge in [0, 0.05) is 8.95 Å². The van der Waals surface area contributed by atoms with Crippen LogP contribution in [0.15, 0.2) is 55.6 Å². The van der Waals surface area contributed by atoms with E-state index in [4.69, 9.17) is 11.6 Å². The van der Waals surface area contributed by atoms with Crippen LogP contribution >= 0.6 is 43.5 Å². The minimum Gasteiger partial charge on any atom is -0.504 e. The zero-order valence-electron chi connectivity index (χ0n) is 8.94. The van der Waals surface area contributed by atoms with Crippen LogP contribution in [-0.4, -0.2) is 5.11 Å². The minimum atomic E-state index is -0.0827. The van der Waals surface area contributed by atoms with Crippen molar-refractivity contribution in [1.82, 2.24) is 0 Å². The molecule has 0 fully saturated rings. The number of aromatic hydroxyl groups is 1. The second-order valence-electron chi connectivity index (χ2n) is 3.43. The molecule has 6 heteroatoms. The van der Waals surface area contributed by atoms with E-state index in [1.807, 2.05) is 24.3 Å². The first-order valence-corrected chi connectivity index (χ1v) is 6.88. The van der Waals surface area contributed by atoms with Gasteiger partial charge >= 0.3 is 0 Å². The highest BCUT2D eigenvalue weighted by Crippen LogP contribution is 2.37. The van der Waals surface area contributed by atoms with Gasteiger partial charge in [-0.2, -0.15) is 5.11 Å². The van der Waals surface area contributed by atoms with Crippen molar-refractivity contribution < 1.29 is 5.11 Å². The van der Waals surface area contributed by atoms with Gasteiger partial charge in [0.2, 0.25) is 0 Å². The van der Waals surface area contributed by atoms with Gasteiger partial charge in [-0.3, -0.25) is 0 Å². The van der Waals surface area contributed by atoms with Crippen molar-refractivity contribution >= 4 is 54.8 Å². The molecule has 2 rings (SSSR count). The lowest BCUT2D eigenvalue weighted by Crippen LogP contribution is -1.72. The molecule has 0 bridgehead atoms. The molecular weight excluding hydrogens is 383 g/mol. The number of hydrogen-bond donors (Lipinski definition) is 1. The number of phenols is 1. The quantitative estimate of drug-likeness (QED) is 0.629. The van der Waals surface area contributed by atoms with Crippen LogP contribution in [0.3, 0.4) is 0 Å². The van der Waals surface area contributed by atoms with E-state index in [-0.39, 0.29) is 10.8 Å². The van der Waals surface area contributed by atoms with Gasteiger partial charge in [-0.05, 0) is 36.4 Å². The maximum atomic E-state index is 9.73. The van der Waals surface area contributed by atoms with Crippen molar-refractivity contribution in [3.63, 3.8) is 0 Å². The molecule has 18 heavy (non-hydrogen) atoms. The summed E-state index contributed by atoms with van der Waals surface area (Å²) in [4.78, 5) is 0. The van der Waals surface area contributed by atoms with E-state index >= 15 is 0 Å². The number of azo groups is 1. The molecule has 0 saturated carbocycles. The zero-order chi connectivity index (χ0) is 13.1. The van der Waals surface area contributed by atoms with Crippen molar-refractivity contribution in [3.8, 4) is 5.75 Å². The van der Waals surface area contributed by atoms with Gasteiger partial charge in [0.05, 0.1) is 10.7 Å². The average molecular weight is 390 g/mol. The maximum absolute atomic E-state index is 9.73. The van der Waals surface area contributed by atoms with Crippen molar-refractivity contribution in [2.24, 2.45) is 10.2 Å². The Morgan fingerprint density at radius 2 is 1.61 bits per heavy atom. The standard InChI is InChI=1S/C12H7Br2ClN2O/c13-7-1-3-9(4-2-7)16-17-11-6-8(14)5-10(15)12(11)18/h1-6,18H. The summed E-state index contributed by atoms with van der Waals surface area (Å²) in [7, 11) is 0. The fourth-order valence-electron chi connectivity index (χ4n) is 1.25. The Bertz CT molecular complexity index is 600. The lowest BCUT2D eigenvalue weighted by Gasteiger charge is -2.01. The minimum absolute atomic E-state index is 0.0827. The summed E-state index contributed by atoms with van der Waals surface area (Å²) in [5.74, 6) is -0.0827. The van der Waals surface area contributed by atoms with Gasteiger partial charge < -0.3 is 5.11 Å². The van der Waals surface area contributed by atoms with E-state index in [0.29, 0.717) is 11.4 Å². The lowest BCUT2D eigenvalue weighted by molar-refractivity contribution is 0.476. The molecule has 0 aliphatic heterocycles. The molecule has 0 aliphatic rings. The van der Waals surface area contributed by atoms with E-state index in [0.717, 1.165) is 8.95 Å². The number of halogens is 3. The summed E-state index contributed by atoms with van der Waals surface area (Å²) in [5, 5.41) is 18.0. The van der Waals surface area contributed by atoms with Gasteiger partial charge in [0.1, 0.15) is 5.69 Å². The number of rotatable bonds is 2. The molecule has 2 aromatic carbocycles. The highest BCUT2D eigenvalue weighted by Gasteiger charge is 2.06. The first kappa shape index (κ1) is 13.5. The zero-order valence-corrected chi connectivity index (χ0v) is 12.9. The van der Waals surface area contributed by atoms with E-state index in [1.54, 1.807) is 12.1 Å². The Balaban J connectivity index is 2.31. The van der Waals surface area contributed by atoms with Crippen molar-refractivity contribution in [3.05, 3.63) is 50.4 Å². The fraction of sp³-hybridized carbons (Fsp3) is 0. The third-order valence-corrected chi connectivity index (χ3v) is 3.38. The smallest absolute Gasteiger partial charge is 0.161 e. The number of benzene rings is 2. The normalized spacial score (nSPS) is 11.1. The van der Waals surface area contributed by atoms with Crippen molar-refractivity contribution in [1.29, 1.82) is 0 Å². The van der Waals surface area contributed by atoms with Crippen molar-refractivity contribution in [2.45, 2.75) is 0 Å². The van der Waals surface area contributed by atoms with Gasteiger partial charge in [0.15, 0.2) is 5.75 Å². The summed E-state index contributed by atoms with van der Waals surface area (Å²) in [5.41, 5.74) is 1.01. The SMILES string of the molecule is Oc1c(Cl)cc(Br)cc1N=Nc1ccc(Br)cc1. The average Bonchev–Trinajstić information content (AvgIpc) is 2.34. The molecule has 0 amide bonds. The van der Waals surface area contributed by atoms with Crippen LogP contribution < -0.4 is 0 Å². The number of phenolic OH excluding ortho intramolecular Hbond substituents is 1. The predicted molar refractivity (Wildman–Crippen MR) is 79.1 cm³/mol. The van der Waals surface area contributed by atoms with E-state index in [9.17, 15) is 5.11 Å². The Hall–Kier alpha value is -0.910. The molecule has 0 heterocycles. The molecule has 0 aromatic heterocycles. The number of hydrogen-bond acceptors (Lipinski definition) is 3. The van der Waals surface area contributed by atoms with Crippen LogP contribution in [0.2, 0.25) is 5.02 Å². The second-order valence-corrected chi connectivity index (χ2v) is 5.67. The summed E-state index contributed by atoms with van der Waals surface area (Å²) in [6, 6.07) is 10.6. The predicted octanol–water partition coefficient (Wildman–Crippen LogP) is 5.99. The fourth-order valence-corrected chi connectivity index (χ4v) is 2.30. The molecular formula is C12H7Br2ClN2O.